The third kappa shape index (κ3) is 4.12. The Balaban J connectivity index is 2.93. The van der Waals surface area contributed by atoms with Crippen LogP contribution in [0.5, 0.6) is 0 Å². The van der Waals surface area contributed by atoms with Crippen molar-refractivity contribution in [2.45, 2.75) is 0 Å². The van der Waals surface area contributed by atoms with Crippen LogP contribution in [-0.4, -0.2) is 23.8 Å². The molecule has 1 rings (SSSR count). The van der Waals surface area contributed by atoms with Crippen LogP contribution in [0.15, 0.2) is 24.8 Å². The standard InChI is InChI=1S/C11H9I2NO4/c1-2-3-18-11(17)14-9-7(12)4-6(10(15)16)5-8(9)13/h2,4-5H,1,3H2,(H,14,17)(H,15,16). The number of halogens is 2. The van der Waals surface area contributed by atoms with Gasteiger partial charge in [-0.3, -0.25) is 5.32 Å². The van der Waals surface area contributed by atoms with Gasteiger partial charge >= 0.3 is 12.1 Å². The lowest BCUT2D eigenvalue weighted by Crippen LogP contribution is -2.16. The van der Waals surface area contributed by atoms with Gasteiger partial charge in [0.25, 0.3) is 0 Å². The fraction of sp³-hybridized carbons (Fsp3) is 0.0909. The van der Waals surface area contributed by atoms with E-state index in [4.69, 9.17) is 9.84 Å². The number of ether oxygens (including phenoxy) is 1. The first-order valence-electron chi connectivity index (χ1n) is 4.72. The number of carboxylic acids is 1. The first kappa shape index (κ1) is 15.2. The molecule has 2 N–H and O–H groups in total. The number of carboxylic acid groups (broad SMARTS) is 1. The zero-order valence-corrected chi connectivity index (χ0v) is 13.4. The predicted molar refractivity (Wildman–Crippen MR) is 84.0 cm³/mol. The van der Waals surface area contributed by atoms with E-state index in [1.165, 1.54) is 18.2 Å². The van der Waals surface area contributed by atoms with Crippen LogP contribution in [0.25, 0.3) is 0 Å². The number of rotatable bonds is 4. The summed E-state index contributed by atoms with van der Waals surface area (Å²) in [6.07, 6.45) is 0.858. The third-order valence-corrected chi connectivity index (χ3v) is 3.55. The summed E-state index contributed by atoms with van der Waals surface area (Å²) in [5.74, 6) is -1.01. The van der Waals surface area contributed by atoms with Crippen LogP contribution in [0.3, 0.4) is 0 Å². The van der Waals surface area contributed by atoms with Crippen LogP contribution in [-0.2, 0) is 4.74 Å². The Morgan fingerprint density at radius 1 is 1.39 bits per heavy atom. The van der Waals surface area contributed by atoms with Crippen molar-refractivity contribution in [3.63, 3.8) is 0 Å². The van der Waals surface area contributed by atoms with Crippen LogP contribution in [0.2, 0.25) is 0 Å². The number of amides is 1. The number of benzene rings is 1. The first-order valence-corrected chi connectivity index (χ1v) is 6.88. The highest BCUT2D eigenvalue weighted by Gasteiger charge is 2.14. The molecule has 5 nitrogen and oxygen atoms in total. The summed E-state index contributed by atoms with van der Waals surface area (Å²) in [6.45, 7) is 3.55. The maximum atomic E-state index is 11.4. The normalized spacial score (nSPS) is 9.67. The molecule has 18 heavy (non-hydrogen) atoms. The number of carbonyl (C=O) groups is 2. The van der Waals surface area contributed by atoms with Gasteiger partial charge in [0.05, 0.1) is 11.3 Å². The molecule has 0 aliphatic carbocycles. The molecule has 1 aromatic carbocycles. The van der Waals surface area contributed by atoms with E-state index >= 15 is 0 Å². The largest absolute Gasteiger partial charge is 0.478 e. The summed E-state index contributed by atoms with van der Waals surface area (Å²) in [5, 5.41) is 11.5. The van der Waals surface area contributed by atoms with Crippen molar-refractivity contribution in [1.82, 2.24) is 0 Å². The molecule has 0 bridgehead atoms. The minimum absolute atomic E-state index is 0.117. The van der Waals surface area contributed by atoms with Crippen LogP contribution in [0, 0.1) is 7.14 Å². The second kappa shape index (κ2) is 6.92. The fourth-order valence-corrected chi connectivity index (χ4v) is 3.13. The molecule has 7 heteroatoms. The Bertz CT molecular complexity index is 479. The highest BCUT2D eigenvalue weighted by Crippen LogP contribution is 2.26. The highest BCUT2D eigenvalue weighted by molar-refractivity contribution is 14.1. The molecule has 96 valence electrons. The predicted octanol–water partition coefficient (Wildman–Crippen LogP) is 3.33. The maximum Gasteiger partial charge on any atom is 0.412 e. The third-order valence-electron chi connectivity index (χ3n) is 1.85. The quantitative estimate of drug-likeness (QED) is 0.520. The number of nitrogens with one attached hydrogen (secondary N) is 1. The molecule has 0 spiro atoms. The summed E-state index contributed by atoms with van der Waals surface area (Å²) >= 11 is 3.91. The van der Waals surface area contributed by atoms with E-state index < -0.39 is 12.1 Å². The van der Waals surface area contributed by atoms with Crippen LogP contribution in [0.1, 0.15) is 10.4 Å². The van der Waals surface area contributed by atoms with Crippen molar-refractivity contribution in [2.24, 2.45) is 0 Å². The minimum Gasteiger partial charge on any atom is -0.478 e. The van der Waals surface area contributed by atoms with Crippen molar-refractivity contribution >= 4 is 62.9 Å². The number of carbonyl (C=O) groups excluding carboxylic acids is 1. The summed E-state index contributed by atoms with van der Waals surface area (Å²) in [5.41, 5.74) is 0.712. The van der Waals surface area contributed by atoms with Crippen LogP contribution < -0.4 is 5.32 Å². The topological polar surface area (TPSA) is 75.6 Å². The number of hydrogen-bond acceptors (Lipinski definition) is 3. The van der Waals surface area contributed by atoms with E-state index in [1.54, 1.807) is 0 Å². The molecule has 0 radical (unpaired) electrons. The fourth-order valence-electron chi connectivity index (χ4n) is 1.09. The van der Waals surface area contributed by atoms with Gasteiger partial charge in [0.2, 0.25) is 0 Å². The lowest BCUT2D eigenvalue weighted by atomic mass is 10.2. The zero-order valence-electron chi connectivity index (χ0n) is 9.07. The Labute approximate surface area is 131 Å². The van der Waals surface area contributed by atoms with Gasteiger partial charge in [0.1, 0.15) is 6.61 Å². The molecule has 0 aliphatic rings. The Morgan fingerprint density at radius 3 is 2.39 bits per heavy atom. The SMILES string of the molecule is C=CCOC(=O)Nc1c(I)cc(C(=O)O)cc1I. The van der Waals surface area contributed by atoms with Crippen molar-refractivity contribution in [3.8, 4) is 0 Å². The molecule has 0 fully saturated rings. The van der Waals surface area contributed by atoms with Gasteiger partial charge in [0.15, 0.2) is 0 Å². The molecule has 0 aliphatic heterocycles. The molecular formula is C11H9I2NO4. The molecule has 0 saturated heterocycles. The summed E-state index contributed by atoms with van der Waals surface area (Å²) in [7, 11) is 0. The molecule has 0 heterocycles. The Morgan fingerprint density at radius 2 is 1.94 bits per heavy atom. The van der Waals surface area contributed by atoms with Crippen LogP contribution >= 0.6 is 45.2 Å². The maximum absolute atomic E-state index is 11.4. The first-order chi connectivity index (χ1) is 8.45. The smallest absolute Gasteiger partial charge is 0.412 e. The van der Waals surface area contributed by atoms with Crippen molar-refractivity contribution < 1.29 is 19.4 Å². The molecule has 1 aromatic rings. The van der Waals surface area contributed by atoms with Crippen LogP contribution in [0.4, 0.5) is 10.5 Å². The average molecular weight is 473 g/mol. The highest BCUT2D eigenvalue weighted by atomic mass is 127. The van der Waals surface area contributed by atoms with Gasteiger partial charge in [-0.15, -0.1) is 0 Å². The average Bonchev–Trinajstić information content (AvgIpc) is 2.30. The Kier molecular flexibility index (Phi) is 5.85. The second-order valence-electron chi connectivity index (χ2n) is 3.13. The van der Waals surface area contributed by atoms with E-state index in [1.807, 2.05) is 45.2 Å². The monoisotopic (exact) mass is 473 g/mol. The van der Waals surface area contributed by atoms with Gasteiger partial charge in [-0.25, -0.2) is 9.59 Å². The Hall–Kier alpha value is -0.840. The van der Waals surface area contributed by atoms with E-state index in [-0.39, 0.29) is 12.2 Å². The van der Waals surface area contributed by atoms with Gasteiger partial charge in [0, 0.05) is 7.14 Å². The van der Waals surface area contributed by atoms with Gasteiger partial charge in [-0.05, 0) is 57.3 Å². The van der Waals surface area contributed by atoms with Crippen molar-refractivity contribution in [3.05, 3.63) is 37.5 Å². The van der Waals surface area contributed by atoms with E-state index in [2.05, 4.69) is 11.9 Å². The lowest BCUT2D eigenvalue weighted by molar-refractivity contribution is 0.0696. The van der Waals surface area contributed by atoms with Gasteiger partial charge in [-0.2, -0.15) is 0 Å². The summed E-state index contributed by atoms with van der Waals surface area (Å²) in [4.78, 5) is 22.2. The van der Waals surface area contributed by atoms with E-state index in [0.717, 1.165) is 0 Å². The van der Waals surface area contributed by atoms with E-state index in [0.29, 0.717) is 12.8 Å². The molecule has 0 atom stereocenters. The number of anilines is 1. The minimum atomic E-state index is -1.01. The molecule has 1 amide bonds. The molecule has 0 aromatic heterocycles. The van der Waals surface area contributed by atoms with E-state index in [9.17, 15) is 9.59 Å². The van der Waals surface area contributed by atoms with Crippen molar-refractivity contribution in [1.29, 1.82) is 0 Å². The molecule has 0 unspecified atom stereocenters. The lowest BCUT2D eigenvalue weighted by Gasteiger charge is -2.10. The van der Waals surface area contributed by atoms with Gasteiger partial charge in [-0.1, -0.05) is 12.7 Å². The molecule has 0 saturated carbocycles. The number of aromatic carboxylic acids is 1. The van der Waals surface area contributed by atoms with Gasteiger partial charge < -0.3 is 9.84 Å². The number of hydrogen-bond donors (Lipinski definition) is 2. The summed E-state index contributed by atoms with van der Waals surface area (Å²) in [6, 6.07) is 2.96. The summed E-state index contributed by atoms with van der Waals surface area (Å²) < 4.78 is 6.06. The second-order valence-corrected chi connectivity index (χ2v) is 5.46. The molecular weight excluding hydrogens is 464 g/mol. The zero-order chi connectivity index (χ0) is 13.7. The van der Waals surface area contributed by atoms with Crippen molar-refractivity contribution in [2.75, 3.05) is 11.9 Å².